The zero-order valence-corrected chi connectivity index (χ0v) is 10.3. The number of hydrogen-bond acceptors (Lipinski definition) is 2. The molecule has 2 nitrogen and oxygen atoms in total. The molecule has 2 heteroatoms. The molecule has 0 aromatic carbocycles. The lowest BCUT2D eigenvalue weighted by Gasteiger charge is -2.26. The average molecular weight is 199 g/mol. The topological polar surface area (TPSA) is 21.3 Å². The maximum Gasteiger partial charge on any atom is 0.0746 e. The molecule has 1 atom stereocenters. The lowest BCUT2D eigenvalue weighted by atomic mass is 9.92. The first-order valence-electron chi connectivity index (χ1n) is 5.63. The van der Waals surface area contributed by atoms with Crippen LogP contribution < -0.4 is 5.32 Å². The minimum atomic E-state index is -0.0350. The molecule has 0 aromatic heterocycles. The quantitative estimate of drug-likeness (QED) is 0.751. The number of rotatable bonds is 4. The molecular formula is C12H25NO. The summed E-state index contributed by atoms with van der Waals surface area (Å²) in [6.45, 7) is 9.91. The predicted molar refractivity (Wildman–Crippen MR) is 60.5 cm³/mol. The van der Waals surface area contributed by atoms with Gasteiger partial charge in [-0.25, -0.2) is 0 Å². The Hall–Kier alpha value is -0.0800. The van der Waals surface area contributed by atoms with Crippen molar-refractivity contribution in [2.24, 2.45) is 5.41 Å². The molecule has 1 unspecified atom stereocenters. The molecule has 0 heterocycles. The molecule has 1 saturated carbocycles. The van der Waals surface area contributed by atoms with Crippen molar-refractivity contribution in [1.82, 2.24) is 5.32 Å². The van der Waals surface area contributed by atoms with Crippen molar-refractivity contribution in [1.29, 1.82) is 0 Å². The van der Waals surface area contributed by atoms with Crippen LogP contribution in [0, 0.1) is 5.41 Å². The molecule has 0 spiro atoms. The van der Waals surface area contributed by atoms with Crippen LogP contribution in [0.2, 0.25) is 0 Å². The van der Waals surface area contributed by atoms with Crippen LogP contribution in [-0.4, -0.2) is 25.3 Å². The Morgan fingerprint density at radius 2 is 2.07 bits per heavy atom. The van der Waals surface area contributed by atoms with Gasteiger partial charge in [0, 0.05) is 19.7 Å². The second-order valence-corrected chi connectivity index (χ2v) is 5.95. The molecular weight excluding hydrogens is 174 g/mol. The van der Waals surface area contributed by atoms with E-state index < -0.39 is 0 Å². The van der Waals surface area contributed by atoms with Gasteiger partial charge in [-0.2, -0.15) is 0 Å². The van der Waals surface area contributed by atoms with Gasteiger partial charge in [0.25, 0.3) is 0 Å². The molecule has 0 aromatic rings. The molecule has 0 aliphatic heterocycles. The molecule has 1 aliphatic rings. The third-order valence-electron chi connectivity index (χ3n) is 3.34. The molecule has 1 rings (SSSR count). The second kappa shape index (κ2) is 4.19. The average Bonchev–Trinajstić information content (AvgIpc) is 2.43. The summed E-state index contributed by atoms with van der Waals surface area (Å²) in [6, 6.07) is 0.694. The Labute approximate surface area is 88.4 Å². The Morgan fingerprint density at radius 1 is 1.43 bits per heavy atom. The van der Waals surface area contributed by atoms with Crippen LogP contribution in [-0.2, 0) is 4.74 Å². The molecule has 0 amide bonds. The van der Waals surface area contributed by atoms with Crippen molar-refractivity contribution < 1.29 is 4.74 Å². The Balaban J connectivity index is 2.27. The van der Waals surface area contributed by atoms with E-state index in [0.717, 1.165) is 6.54 Å². The zero-order chi connectivity index (χ0) is 10.8. The fourth-order valence-corrected chi connectivity index (χ4v) is 2.07. The summed E-state index contributed by atoms with van der Waals surface area (Å²) in [5.74, 6) is 0. The van der Waals surface area contributed by atoms with E-state index >= 15 is 0 Å². The monoisotopic (exact) mass is 199 g/mol. The fraction of sp³-hybridized carbons (Fsp3) is 1.00. The van der Waals surface area contributed by atoms with Gasteiger partial charge in [0.2, 0.25) is 0 Å². The SMILES string of the molecule is COC(C)(C)CNC1CCC(C)(C)C1. The summed E-state index contributed by atoms with van der Waals surface area (Å²) in [4.78, 5) is 0. The first kappa shape index (κ1) is 12.0. The van der Waals surface area contributed by atoms with Crippen molar-refractivity contribution in [3.05, 3.63) is 0 Å². The number of methoxy groups -OCH3 is 1. The van der Waals surface area contributed by atoms with Crippen LogP contribution in [0.25, 0.3) is 0 Å². The van der Waals surface area contributed by atoms with Crippen molar-refractivity contribution in [3.8, 4) is 0 Å². The number of hydrogen-bond donors (Lipinski definition) is 1. The summed E-state index contributed by atoms with van der Waals surface area (Å²) in [5.41, 5.74) is 0.502. The minimum absolute atomic E-state index is 0.0350. The molecule has 84 valence electrons. The molecule has 1 aliphatic carbocycles. The maximum absolute atomic E-state index is 5.39. The van der Waals surface area contributed by atoms with E-state index in [4.69, 9.17) is 4.74 Å². The van der Waals surface area contributed by atoms with E-state index in [9.17, 15) is 0 Å². The van der Waals surface area contributed by atoms with Gasteiger partial charge in [-0.05, 0) is 38.5 Å². The largest absolute Gasteiger partial charge is 0.377 e. The standard InChI is InChI=1S/C12H25NO/c1-11(2)7-6-10(8-11)13-9-12(3,4)14-5/h10,13H,6-9H2,1-5H3. The van der Waals surface area contributed by atoms with Gasteiger partial charge >= 0.3 is 0 Å². The van der Waals surface area contributed by atoms with Gasteiger partial charge < -0.3 is 10.1 Å². The van der Waals surface area contributed by atoms with Gasteiger partial charge in [0.15, 0.2) is 0 Å². The zero-order valence-electron chi connectivity index (χ0n) is 10.3. The highest BCUT2D eigenvalue weighted by atomic mass is 16.5. The first-order chi connectivity index (χ1) is 6.35. The van der Waals surface area contributed by atoms with Crippen molar-refractivity contribution in [2.75, 3.05) is 13.7 Å². The summed E-state index contributed by atoms with van der Waals surface area (Å²) in [5, 5.41) is 3.60. The van der Waals surface area contributed by atoms with Gasteiger partial charge in [-0.15, -0.1) is 0 Å². The van der Waals surface area contributed by atoms with Crippen LogP contribution in [0.4, 0.5) is 0 Å². The van der Waals surface area contributed by atoms with Crippen LogP contribution in [0.5, 0.6) is 0 Å². The highest BCUT2D eigenvalue weighted by Gasteiger charge is 2.31. The van der Waals surface area contributed by atoms with E-state index in [0.29, 0.717) is 11.5 Å². The van der Waals surface area contributed by atoms with Gasteiger partial charge in [-0.1, -0.05) is 13.8 Å². The van der Waals surface area contributed by atoms with Crippen LogP contribution >= 0.6 is 0 Å². The lowest BCUT2D eigenvalue weighted by Crippen LogP contribution is -2.41. The third kappa shape index (κ3) is 3.58. The predicted octanol–water partition coefficient (Wildman–Crippen LogP) is 2.58. The third-order valence-corrected chi connectivity index (χ3v) is 3.34. The summed E-state index contributed by atoms with van der Waals surface area (Å²) in [6.07, 6.45) is 3.96. The van der Waals surface area contributed by atoms with E-state index in [1.165, 1.54) is 19.3 Å². The van der Waals surface area contributed by atoms with Gasteiger partial charge in [-0.3, -0.25) is 0 Å². The van der Waals surface area contributed by atoms with Crippen LogP contribution in [0.3, 0.4) is 0 Å². The molecule has 0 radical (unpaired) electrons. The van der Waals surface area contributed by atoms with E-state index in [1.807, 2.05) is 0 Å². The fourth-order valence-electron chi connectivity index (χ4n) is 2.07. The molecule has 0 bridgehead atoms. The van der Waals surface area contributed by atoms with Crippen molar-refractivity contribution in [2.45, 2.75) is 58.6 Å². The normalized spacial score (nSPS) is 26.8. The van der Waals surface area contributed by atoms with Crippen LogP contribution in [0.1, 0.15) is 47.0 Å². The lowest BCUT2D eigenvalue weighted by molar-refractivity contribution is 0.0209. The molecule has 14 heavy (non-hydrogen) atoms. The van der Waals surface area contributed by atoms with Crippen molar-refractivity contribution >= 4 is 0 Å². The molecule has 0 saturated heterocycles. The van der Waals surface area contributed by atoms with E-state index in [1.54, 1.807) is 7.11 Å². The van der Waals surface area contributed by atoms with Gasteiger partial charge in [0.1, 0.15) is 0 Å². The number of nitrogens with one attached hydrogen (secondary N) is 1. The maximum atomic E-state index is 5.39. The Bertz CT molecular complexity index is 187. The van der Waals surface area contributed by atoms with E-state index in [-0.39, 0.29) is 5.60 Å². The highest BCUT2D eigenvalue weighted by molar-refractivity contribution is 4.87. The highest BCUT2D eigenvalue weighted by Crippen LogP contribution is 2.36. The first-order valence-corrected chi connectivity index (χ1v) is 5.63. The Morgan fingerprint density at radius 3 is 2.50 bits per heavy atom. The molecule has 1 fully saturated rings. The minimum Gasteiger partial charge on any atom is -0.377 e. The Kier molecular flexibility index (Phi) is 3.59. The second-order valence-electron chi connectivity index (χ2n) is 5.95. The van der Waals surface area contributed by atoms with Crippen molar-refractivity contribution in [3.63, 3.8) is 0 Å². The molecule has 1 N–H and O–H groups in total. The smallest absolute Gasteiger partial charge is 0.0746 e. The summed E-state index contributed by atoms with van der Waals surface area (Å²) >= 11 is 0. The van der Waals surface area contributed by atoms with E-state index in [2.05, 4.69) is 33.0 Å². The van der Waals surface area contributed by atoms with Crippen LogP contribution in [0.15, 0.2) is 0 Å². The summed E-state index contributed by atoms with van der Waals surface area (Å²) in [7, 11) is 1.78. The summed E-state index contributed by atoms with van der Waals surface area (Å²) < 4.78 is 5.39. The van der Waals surface area contributed by atoms with Gasteiger partial charge in [0.05, 0.1) is 5.60 Å². The number of ether oxygens (including phenoxy) is 1.